The highest BCUT2D eigenvalue weighted by Gasteiger charge is 2.11. The van der Waals surface area contributed by atoms with Crippen LogP contribution in [0.5, 0.6) is 0 Å². The standard InChI is InChI=1S/C17H12N2O2S/c1-10-18-13-9-12(6-7-14(13)21-10)19-17(20)16-8-11-4-2-3-5-15(11)22-16/h2-9H,1H3,(H,19,20). The van der Waals surface area contributed by atoms with Crippen LogP contribution < -0.4 is 5.32 Å². The van der Waals surface area contributed by atoms with Gasteiger partial charge in [-0.05, 0) is 35.7 Å². The molecule has 5 heteroatoms. The van der Waals surface area contributed by atoms with Gasteiger partial charge in [0.2, 0.25) is 0 Å². The maximum absolute atomic E-state index is 12.4. The van der Waals surface area contributed by atoms with E-state index in [0.717, 1.165) is 21.2 Å². The Morgan fingerprint density at radius 2 is 2.05 bits per heavy atom. The molecule has 1 N–H and O–H groups in total. The van der Waals surface area contributed by atoms with Crippen molar-refractivity contribution in [3.05, 3.63) is 59.3 Å². The van der Waals surface area contributed by atoms with E-state index in [0.29, 0.717) is 16.5 Å². The van der Waals surface area contributed by atoms with Gasteiger partial charge < -0.3 is 9.73 Å². The molecule has 0 bridgehead atoms. The van der Waals surface area contributed by atoms with Gasteiger partial charge in [-0.25, -0.2) is 4.98 Å². The zero-order chi connectivity index (χ0) is 15.1. The molecule has 0 saturated carbocycles. The largest absolute Gasteiger partial charge is 0.441 e. The number of amides is 1. The lowest BCUT2D eigenvalue weighted by Gasteiger charge is -2.02. The first-order chi connectivity index (χ1) is 10.7. The van der Waals surface area contributed by atoms with E-state index in [1.807, 2.05) is 48.5 Å². The maximum atomic E-state index is 12.4. The normalized spacial score (nSPS) is 11.1. The lowest BCUT2D eigenvalue weighted by atomic mass is 10.2. The van der Waals surface area contributed by atoms with Gasteiger partial charge in [0.25, 0.3) is 5.91 Å². The Hall–Kier alpha value is -2.66. The summed E-state index contributed by atoms with van der Waals surface area (Å²) in [6.07, 6.45) is 0. The molecule has 2 aromatic carbocycles. The number of thiophene rings is 1. The number of carbonyl (C=O) groups is 1. The van der Waals surface area contributed by atoms with E-state index in [2.05, 4.69) is 10.3 Å². The highest BCUT2D eigenvalue weighted by Crippen LogP contribution is 2.26. The Kier molecular flexibility index (Phi) is 2.94. The lowest BCUT2D eigenvalue weighted by molar-refractivity contribution is 0.103. The second kappa shape index (κ2) is 4.96. The smallest absolute Gasteiger partial charge is 0.265 e. The molecular formula is C17H12N2O2S. The van der Waals surface area contributed by atoms with E-state index in [1.165, 1.54) is 11.3 Å². The number of aromatic nitrogens is 1. The van der Waals surface area contributed by atoms with Crippen molar-refractivity contribution in [1.82, 2.24) is 4.98 Å². The van der Waals surface area contributed by atoms with Crippen LogP contribution in [-0.2, 0) is 0 Å². The van der Waals surface area contributed by atoms with Gasteiger partial charge in [0.1, 0.15) is 5.52 Å². The predicted octanol–water partition coefficient (Wildman–Crippen LogP) is 4.60. The van der Waals surface area contributed by atoms with E-state index in [-0.39, 0.29) is 5.91 Å². The number of carbonyl (C=O) groups excluding carboxylic acids is 1. The molecule has 4 rings (SSSR count). The number of benzene rings is 2. The highest BCUT2D eigenvalue weighted by molar-refractivity contribution is 7.20. The van der Waals surface area contributed by atoms with Crippen LogP contribution in [0.1, 0.15) is 15.6 Å². The summed E-state index contributed by atoms with van der Waals surface area (Å²) in [7, 11) is 0. The number of rotatable bonds is 2. The third kappa shape index (κ3) is 2.25. The first-order valence-corrected chi connectivity index (χ1v) is 7.68. The molecule has 4 aromatic rings. The molecule has 1 amide bonds. The monoisotopic (exact) mass is 308 g/mol. The average Bonchev–Trinajstić information content (AvgIpc) is 3.08. The van der Waals surface area contributed by atoms with Gasteiger partial charge >= 0.3 is 0 Å². The van der Waals surface area contributed by atoms with Crippen molar-refractivity contribution >= 4 is 44.1 Å². The molecular weight excluding hydrogens is 296 g/mol. The molecule has 4 nitrogen and oxygen atoms in total. The summed E-state index contributed by atoms with van der Waals surface area (Å²) >= 11 is 1.49. The molecule has 0 atom stereocenters. The average molecular weight is 308 g/mol. The van der Waals surface area contributed by atoms with Crippen molar-refractivity contribution in [3.8, 4) is 0 Å². The summed E-state index contributed by atoms with van der Waals surface area (Å²) in [6, 6.07) is 15.3. The van der Waals surface area contributed by atoms with Crippen LogP contribution in [0.25, 0.3) is 21.2 Å². The Balaban J connectivity index is 1.64. The van der Waals surface area contributed by atoms with E-state index in [9.17, 15) is 4.79 Å². The SMILES string of the molecule is Cc1nc2cc(NC(=O)c3cc4ccccc4s3)ccc2o1. The summed E-state index contributed by atoms with van der Waals surface area (Å²) < 4.78 is 6.54. The highest BCUT2D eigenvalue weighted by atomic mass is 32.1. The fourth-order valence-electron chi connectivity index (χ4n) is 2.41. The number of nitrogens with one attached hydrogen (secondary N) is 1. The number of anilines is 1. The first-order valence-electron chi connectivity index (χ1n) is 6.86. The summed E-state index contributed by atoms with van der Waals surface area (Å²) in [5.41, 5.74) is 2.17. The number of hydrogen-bond acceptors (Lipinski definition) is 4. The van der Waals surface area contributed by atoms with Gasteiger partial charge in [-0.2, -0.15) is 0 Å². The van der Waals surface area contributed by atoms with Crippen LogP contribution in [0.4, 0.5) is 5.69 Å². The molecule has 0 aliphatic carbocycles. The molecule has 0 aliphatic rings. The molecule has 0 fully saturated rings. The van der Waals surface area contributed by atoms with Crippen LogP contribution in [-0.4, -0.2) is 10.9 Å². The number of fused-ring (bicyclic) bond motifs is 2. The summed E-state index contributed by atoms with van der Waals surface area (Å²) in [5.74, 6) is 0.503. The first kappa shape index (κ1) is 13.0. The van der Waals surface area contributed by atoms with E-state index in [4.69, 9.17) is 4.42 Å². The second-order valence-corrected chi connectivity index (χ2v) is 6.10. The number of nitrogens with zero attached hydrogens (tertiary/aromatic N) is 1. The van der Waals surface area contributed by atoms with Gasteiger partial charge in [0.15, 0.2) is 11.5 Å². The predicted molar refractivity (Wildman–Crippen MR) is 88.5 cm³/mol. The van der Waals surface area contributed by atoms with E-state index in [1.54, 1.807) is 6.92 Å². The molecule has 0 spiro atoms. The van der Waals surface area contributed by atoms with E-state index >= 15 is 0 Å². The molecule has 22 heavy (non-hydrogen) atoms. The van der Waals surface area contributed by atoms with Crippen molar-refractivity contribution in [3.63, 3.8) is 0 Å². The van der Waals surface area contributed by atoms with Crippen LogP contribution in [0, 0.1) is 6.92 Å². The molecule has 0 unspecified atom stereocenters. The Labute approximate surface area is 130 Å². The fourth-order valence-corrected chi connectivity index (χ4v) is 3.36. The zero-order valence-corrected chi connectivity index (χ0v) is 12.6. The Morgan fingerprint density at radius 1 is 1.18 bits per heavy atom. The maximum Gasteiger partial charge on any atom is 0.265 e. The molecule has 108 valence electrons. The van der Waals surface area contributed by atoms with Crippen LogP contribution >= 0.6 is 11.3 Å². The third-order valence-electron chi connectivity index (χ3n) is 3.40. The topological polar surface area (TPSA) is 55.1 Å². The molecule has 2 heterocycles. The van der Waals surface area contributed by atoms with Crippen LogP contribution in [0.15, 0.2) is 52.9 Å². The molecule has 2 aromatic heterocycles. The summed E-state index contributed by atoms with van der Waals surface area (Å²) in [5, 5.41) is 3.99. The number of oxazole rings is 1. The van der Waals surface area contributed by atoms with Gasteiger partial charge in [-0.1, -0.05) is 18.2 Å². The van der Waals surface area contributed by atoms with Crippen molar-refractivity contribution in [1.29, 1.82) is 0 Å². The van der Waals surface area contributed by atoms with E-state index < -0.39 is 0 Å². The Morgan fingerprint density at radius 3 is 2.91 bits per heavy atom. The second-order valence-electron chi connectivity index (χ2n) is 5.02. The quantitative estimate of drug-likeness (QED) is 0.588. The van der Waals surface area contributed by atoms with Gasteiger partial charge in [0.05, 0.1) is 4.88 Å². The molecule has 0 saturated heterocycles. The van der Waals surface area contributed by atoms with Crippen molar-refractivity contribution in [2.24, 2.45) is 0 Å². The van der Waals surface area contributed by atoms with Crippen LogP contribution in [0.2, 0.25) is 0 Å². The third-order valence-corrected chi connectivity index (χ3v) is 4.52. The fraction of sp³-hybridized carbons (Fsp3) is 0.0588. The minimum atomic E-state index is -0.110. The Bertz CT molecular complexity index is 967. The minimum Gasteiger partial charge on any atom is -0.441 e. The zero-order valence-electron chi connectivity index (χ0n) is 11.8. The molecule has 0 aliphatic heterocycles. The minimum absolute atomic E-state index is 0.110. The van der Waals surface area contributed by atoms with Gasteiger partial charge in [0, 0.05) is 17.3 Å². The van der Waals surface area contributed by atoms with Crippen LogP contribution in [0.3, 0.4) is 0 Å². The lowest BCUT2D eigenvalue weighted by Crippen LogP contribution is -2.09. The number of aryl methyl sites for hydroxylation is 1. The van der Waals surface area contributed by atoms with Crippen molar-refractivity contribution in [2.75, 3.05) is 5.32 Å². The van der Waals surface area contributed by atoms with Gasteiger partial charge in [-0.3, -0.25) is 4.79 Å². The summed E-state index contributed by atoms with van der Waals surface area (Å²) in [4.78, 5) is 17.3. The summed E-state index contributed by atoms with van der Waals surface area (Å²) in [6.45, 7) is 1.80. The van der Waals surface area contributed by atoms with Crippen molar-refractivity contribution < 1.29 is 9.21 Å². The number of hydrogen-bond donors (Lipinski definition) is 1. The van der Waals surface area contributed by atoms with Gasteiger partial charge in [-0.15, -0.1) is 11.3 Å². The van der Waals surface area contributed by atoms with Crippen molar-refractivity contribution in [2.45, 2.75) is 6.92 Å². The molecule has 0 radical (unpaired) electrons.